The molecule has 2 heterocycles. The van der Waals surface area contributed by atoms with Crippen LogP contribution >= 0.6 is 11.3 Å². The third kappa shape index (κ3) is 2.27. The van der Waals surface area contributed by atoms with E-state index in [2.05, 4.69) is 4.98 Å². The highest BCUT2D eigenvalue weighted by Gasteiger charge is 2.47. The maximum Gasteiger partial charge on any atom is 0.202 e. The predicted molar refractivity (Wildman–Crippen MR) is 80.9 cm³/mol. The normalized spacial score (nSPS) is 24.2. The highest BCUT2D eigenvalue weighted by molar-refractivity contribution is 7.20. The molecule has 114 valence electrons. The molecule has 1 saturated heterocycles. The van der Waals surface area contributed by atoms with Crippen LogP contribution in [0.1, 0.15) is 29.1 Å². The predicted octanol–water partition coefficient (Wildman–Crippen LogP) is 2.59. The van der Waals surface area contributed by atoms with Gasteiger partial charge in [-0.15, -0.1) is 11.3 Å². The van der Waals surface area contributed by atoms with Crippen LogP contribution in [0.25, 0.3) is 10.2 Å². The first-order valence-corrected chi connectivity index (χ1v) is 8.19. The van der Waals surface area contributed by atoms with Crippen LogP contribution in [0.4, 0.5) is 0 Å². The summed E-state index contributed by atoms with van der Waals surface area (Å²) in [5.74, 6) is -1.68. The lowest BCUT2D eigenvalue weighted by molar-refractivity contribution is -0.185. The molecule has 0 bridgehead atoms. The zero-order valence-electron chi connectivity index (χ0n) is 11.9. The minimum atomic E-state index is -0.745. The maximum atomic E-state index is 12.7. The Kier molecular flexibility index (Phi) is 3.32. The Morgan fingerprint density at radius 1 is 1.27 bits per heavy atom. The van der Waals surface area contributed by atoms with E-state index in [1.807, 2.05) is 24.3 Å². The van der Waals surface area contributed by atoms with Crippen LogP contribution in [0.2, 0.25) is 0 Å². The lowest BCUT2D eigenvalue weighted by Gasteiger charge is -2.34. The molecule has 0 N–H and O–H groups in total. The molecular weight excluding hydrogens is 302 g/mol. The molecule has 1 atom stereocenters. The number of benzene rings is 1. The van der Waals surface area contributed by atoms with Gasteiger partial charge in [-0.25, -0.2) is 4.98 Å². The SMILES string of the molecule is O=C1CCC2(CC1C(=O)c1nc3ccccc3s1)OCCO2. The van der Waals surface area contributed by atoms with Crippen molar-refractivity contribution in [3.05, 3.63) is 29.3 Å². The summed E-state index contributed by atoms with van der Waals surface area (Å²) in [5.41, 5.74) is 0.794. The van der Waals surface area contributed by atoms with Gasteiger partial charge in [-0.1, -0.05) is 12.1 Å². The summed E-state index contributed by atoms with van der Waals surface area (Å²) < 4.78 is 12.3. The molecule has 22 heavy (non-hydrogen) atoms. The molecular formula is C16H15NO4S. The van der Waals surface area contributed by atoms with Crippen LogP contribution in [0, 0.1) is 5.92 Å². The van der Waals surface area contributed by atoms with Crippen LogP contribution in [0.5, 0.6) is 0 Å². The van der Waals surface area contributed by atoms with Crippen LogP contribution in [-0.4, -0.2) is 35.6 Å². The Morgan fingerprint density at radius 2 is 2.05 bits per heavy atom. The van der Waals surface area contributed by atoms with Crippen LogP contribution < -0.4 is 0 Å². The molecule has 1 spiro atoms. The molecule has 1 aliphatic heterocycles. The van der Waals surface area contributed by atoms with E-state index in [0.29, 0.717) is 37.5 Å². The minimum absolute atomic E-state index is 0.0334. The van der Waals surface area contributed by atoms with Crippen molar-refractivity contribution in [2.24, 2.45) is 5.92 Å². The van der Waals surface area contributed by atoms with Crippen LogP contribution in [0.15, 0.2) is 24.3 Å². The van der Waals surface area contributed by atoms with Gasteiger partial charge in [0, 0.05) is 19.3 Å². The Balaban J connectivity index is 1.64. The van der Waals surface area contributed by atoms with Crippen molar-refractivity contribution in [2.75, 3.05) is 13.2 Å². The lowest BCUT2D eigenvalue weighted by Crippen LogP contribution is -2.43. The molecule has 1 aromatic carbocycles. The third-order valence-corrected chi connectivity index (χ3v) is 5.34. The summed E-state index contributed by atoms with van der Waals surface area (Å²) in [4.78, 5) is 29.3. The Hall–Kier alpha value is -1.63. The van der Waals surface area contributed by atoms with E-state index in [1.165, 1.54) is 11.3 Å². The van der Waals surface area contributed by atoms with Gasteiger partial charge in [-0.05, 0) is 12.1 Å². The van der Waals surface area contributed by atoms with Crippen molar-refractivity contribution >= 4 is 33.1 Å². The van der Waals surface area contributed by atoms with E-state index in [4.69, 9.17) is 9.47 Å². The number of carbonyl (C=O) groups excluding carboxylic acids is 2. The van der Waals surface area contributed by atoms with Gasteiger partial charge in [0.15, 0.2) is 10.8 Å². The molecule has 2 aromatic rings. The number of carbonyl (C=O) groups is 2. The number of ether oxygens (including phenoxy) is 2. The fourth-order valence-corrected chi connectivity index (χ4v) is 4.10. The van der Waals surface area contributed by atoms with E-state index in [9.17, 15) is 9.59 Å². The van der Waals surface area contributed by atoms with E-state index in [-0.39, 0.29) is 11.6 Å². The molecule has 5 nitrogen and oxygen atoms in total. The second-order valence-electron chi connectivity index (χ2n) is 5.68. The zero-order chi connectivity index (χ0) is 15.2. The summed E-state index contributed by atoms with van der Waals surface area (Å²) in [7, 11) is 0. The maximum absolute atomic E-state index is 12.7. The molecule has 1 saturated carbocycles. The smallest absolute Gasteiger partial charge is 0.202 e. The van der Waals surface area contributed by atoms with Gasteiger partial charge in [0.25, 0.3) is 0 Å². The first kappa shape index (κ1) is 14.0. The van der Waals surface area contributed by atoms with Crippen molar-refractivity contribution in [1.29, 1.82) is 0 Å². The molecule has 0 radical (unpaired) electrons. The van der Waals surface area contributed by atoms with E-state index < -0.39 is 11.7 Å². The van der Waals surface area contributed by atoms with Crippen LogP contribution in [0.3, 0.4) is 0 Å². The van der Waals surface area contributed by atoms with E-state index >= 15 is 0 Å². The van der Waals surface area contributed by atoms with E-state index in [0.717, 1.165) is 10.2 Å². The number of hydrogen-bond acceptors (Lipinski definition) is 6. The Bertz CT molecular complexity index is 714. The van der Waals surface area contributed by atoms with Gasteiger partial charge < -0.3 is 9.47 Å². The summed E-state index contributed by atoms with van der Waals surface area (Å²) in [6.07, 6.45) is 1.16. The van der Waals surface area contributed by atoms with Gasteiger partial charge in [-0.3, -0.25) is 9.59 Å². The van der Waals surface area contributed by atoms with Crippen molar-refractivity contribution in [1.82, 2.24) is 4.98 Å². The molecule has 6 heteroatoms. The topological polar surface area (TPSA) is 65.5 Å². The average molecular weight is 317 g/mol. The molecule has 2 fully saturated rings. The number of para-hydroxylation sites is 1. The fraction of sp³-hybridized carbons (Fsp3) is 0.438. The number of thiazole rings is 1. The number of rotatable bonds is 2. The Morgan fingerprint density at radius 3 is 2.82 bits per heavy atom. The van der Waals surface area contributed by atoms with Gasteiger partial charge >= 0.3 is 0 Å². The molecule has 2 aliphatic rings. The summed E-state index contributed by atoms with van der Waals surface area (Å²) >= 11 is 1.34. The highest BCUT2D eigenvalue weighted by Crippen LogP contribution is 2.39. The van der Waals surface area contributed by atoms with Gasteiger partial charge in [0.05, 0.1) is 29.3 Å². The third-order valence-electron chi connectivity index (χ3n) is 4.29. The quantitative estimate of drug-likeness (QED) is 0.629. The summed E-state index contributed by atoms with van der Waals surface area (Å²) in [6.45, 7) is 1.05. The minimum Gasteiger partial charge on any atom is -0.347 e. The number of fused-ring (bicyclic) bond motifs is 1. The van der Waals surface area contributed by atoms with E-state index in [1.54, 1.807) is 0 Å². The monoisotopic (exact) mass is 317 g/mol. The largest absolute Gasteiger partial charge is 0.347 e. The van der Waals surface area contributed by atoms with Gasteiger partial charge in [0.1, 0.15) is 5.78 Å². The first-order valence-electron chi connectivity index (χ1n) is 7.37. The molecule has 1 unspecified atom stereocenters. The van der Waals surface area contributed by atoms with Crippen molar-refractivity contribution in [3.8, 4) is 0 Å². The molecule has 1 aliphatic carbocycles. The second kappa shape index (κ2) is 5.22. The highest BCUT2D eigenvalue weighted by atomic mass is 32.1. The molecule has 1 aromatic heterocycles. The van der Waals surface area contributed by atoms with Gasteiger partial charge in [-0.2, -0.15) is 0 Å². The standard InChI is InChI=1S/C16H15NO4S/c18-12-5-6-16(20-7-8-21-16)9-10(12)14(19)15-17-11-3-1-2-4-13(11)22-15/h1-4,10H,5-9H2. The molecule has 0 amide bonds. The summed E-state index contributed by atoms with van der Waals surface area (Å²) in [5, 5.41) is 0.398. The number of aromatic nitrogens is 1. The van der Waals surface area contributed by atoms with Crippen molar-refractivity contribution in [3.63, 3.8) is 0 Å². The molecule has 4 rings (SSSR count). The number of hydrogen-bond donors (Lipinski definition) is 0. The van der Waals surface area contributed by atoms with Gasteiger partial charge in [0.2, 0.25) is 5.78 Å². The number of Topliss-reactive ketones (excluding diaryl/α,β-unsaturated/α-hetero) is 2. The summed E-state index contributed by atoms with van der Waals surface area (Å²) in [6, 6.07) is 7.60. The number of nitrogens with zero attached hydrogens (tertiary/aromatic N) is 1. The Labute approximate surface area is 131 Å². The second-order valence-corrected chi connectivity index (χ2v) is 6.71. The fourth-order valence-electron chi connectivity index (χ4n) is 3.14. The number of ketones is 2. The van der Waals surface area contributed by atoms with Crippen molar-refractivity contribution < 1.29 is 19.1 Å². The lowest BCUT2D eigenvalue weighted by atomic mass is 9.81. The zero-order valence-corrected chi connectivity index (χ0v) is 12.7. The average Bonchev–Trinajstić information content (AvgIpc) is 3.16. The first-order chi connectivity index (χ1) is 10.7. The van der Waals surface area contributed by atoms with Crippen LogP contribution in [-0.2, 0) is 14.3 Å². The van der Waals surface area contributed by atoms with Crippen molar-refractivity contribution in [2.45, 2.75) is 25.0 Å².